The van der Waals surface area contributed by atoms with Gasteiger partial charge in [-0.25, -0.2) is 0 Å². The molecule has 0 aromatic carbocycles. The Balaban J connectivity index is 0.00000420. The Bertz CT molecular complexity index is 493. The van der Waals surface area contributed by atoms with Crippen LogP contribution in [0.15, 0.2) is 4.99 Å². The first-order valence-corrected chi connectivity index (χ1v) is 10.8. The van der Waals surface area contributed by atoms with Crippen LogP contribution in [0.1, 0.15) is 26.7 Å². The molecular weight excluding hydrogens is 483 g/mol. The molecule has 0 aromatic rings. The number of likely N-dealkylation sites (tertiary alicyclic amines) is 1. The van der Waals surface area contributed by atoms with Gasteiger partial charge in [-0.2, -0.15) is 0 Å². The lowest BCUT2D eigenvalue weighted by molar-refractivity contribution is -0.135. The van der Waals surface area contributed by atoms with Crippen LogP contribution in [0.4, 0.5) is 0 Å². The van der Waals surface area contributed by atoms with E-state index in [9.17, 15) is 4.79 Å². The summed E-state index contributed by atoms with van der Waals surface area (Å²) in [5.41, 5.74) is 0. The molecule has 29 heavy (non-hydrogen) atoms. The van der Waals surface area contributed by atoms with E-state index >= 15 is 0 Å². The summed E-state index contributed by atoms with van der Waals surface area (Å²) >= 11 is 0. The summed E-state index contributed by atoms with van der Waals surface area (Å²) in [4.78, 5) is 26.4. The number of piperazine rings is 1. The number of amides is 1. The van der Waals surface area contributed by atoms with Gasteiger partial charge in [0.05, 0.1) is 19.2 Å². The zero-order valence-corrected chi connectivity index (χ0v) is 21.1. The number of aliphatic imine (C=N–C) groups is 1. The molecule has 0 aromatic heterocycles. The highest BCUT2D eigenvalue weighted by Crippen LogP contribution is 2.14. The van der Waals surface area contributed by atoms with E-state index in [-0.39, 0.29) is 30.0 Å². The lowest BCUT2D eigenvalue weighted by Gasteiger charge is -2.39. The Morgan fingerprint density at radius 3 is 2.34 bits per heavy atom. The van der Waals surface area contributed by atoms with Gasteiger partial charge in [-0.15, -0.1) is 24.0 Å². The fraction of sp³-hybridized carbons (Fsp3) is 0.900. The first kappa shape index (κ1) is 26.4. The van der Waals surface area contributed by atoms with Gasteiger partial charge in [0.25, 0.3) is 0 Å². The van der Waals surface area contributed by atoms with Gasteiger partial charge in [0.15, 0.2) is 5.96 Å². The van der Waals surface area contributed by atoms with Crippen molar-refractivity contribution >= 4 is 35.8 Å². The molecule has 0 bridgehead atoms. The minimum atomic E-state index is -0.0193. The fourth-order valence-electron chi connectivity index (χ4n) is 3.79. The van der Waals surface area contributed by atoms with Crippen LogP contribution >= 0.6 is 24.0 Å². The number of guanidine groups is 1. The van der Waals surface area contributed by atoms with Crippen molar-refractivity contribution in [2.75, 3.05) is 86.2 Å². The van der Waals surface area contributed by atoms with Crippen molar-refractivity contribution in [3.05, 3.63) is 0 Å². The molecular formula is C20H41IN6O2. The normalized spacial score (nSPS) is 19.4. The van der Waals surface area contributed by atoms with E-state index in [1.807, 2.05) is 4.90 Å². The van der Waals surface area contributed by atoms with Crippen molar-refractivity contribution in [1.29, 1.82) is 0 Å². The zero-order chi connectivity index (χ0) is 20.4. The number of hydrogen-bond donors (Lipinski definition) is 1. The first-order chi connectivity index (χ1) is 13.6. The van der Waals surface area contributed by atoms with Gasteiger partial charge in [-0.1, -0.05) is 0 Å². The Labute approximate surface area is 194 Å². The molecule has 2 aliphatic rings. The molecule has 0 spiro atoms. The number of ether oxygens (including phenoxy) is 1. The van der Waals surface area contributed by atoms with Crippen LogP contribution < -0.4 is 5.32 Å². The molecule has 9 heteroatoms. The van der Waals surface area contributed by atoms with Gasteiger partial charge in [-0.05, 0) is 33.7 Å². The van der Waals surface area contributed by atoms with Gasteiger partial charge in [0.1, 0.15) is 0 Å². The van der Waals surface area contributed by atoms with Crippen molar-refractivity contribution in [3.63, 3.8) is 0 Å². The predicted molar refractivity (Wildman–Crippen MR) is 129 cm³/mol. The van der Waals surface area contributed by atoms with E-state index in [0.29, 0.717) is 5.91 Å². The van der Waals surface area contributed by atoms with Gasteiger partial charge in [-0.3, -0.25) is 14.7 Å². The van der Waals surface area contributed by atoms with E-state index in [0.717, 1.165) is 90.9 Å². The summed E-state index contributed by atoms with van der Waals surface area (Å²) in [6, 6.07) is -0.0193. The molecule has 0 radical (unpaired) electrons. The number of halogens is 1. The minimum absolute atomic E-state index is 0. The average molecular weight is 524 g/mol. The largest absolute Gasteiger partial charge is 0.383 e. The highest BCUT2D eigenvalue weighted by molar-refractivity contribution is 14.0. The van der Waals surface area contributed by atoms with E-state index in [4.69, 9.17) is 9.73 Å². The SMILES string of the molecule is CCNC(=NCCN(C)CCOC)N1CCN(C(C)C(=O)N2CCCC2)CC1.I. The number of nitrogens with one attached hydrogen (secondary N) is 1. The third-order valence-electron chi connectivity index (χ3n) is 5.69. The monoisotopic (exact) mass is 524 g/mol. The Kier molecular flexibility index (Phi) is 13.1. The van der Waals surface area contributed by atoms with Crippen molar-refractivity contribution in [1.82, 2.24) is 24.9 Å². The molecule has 2 aliphatic heterocycles. The van der Waals surface area contributed by atoms with Crippen molar-refractivity contribution < 1.29 is 9.53 Å². The smallest absolute Gasteiger partial charge is 0.239 e. The van der Waals surface area contributed by atoms with Crippen LogP contribution in [-0.2, 0) is 9.53 Å². The Morgan fingerprint density at radius 1 is 1.10 bits per heavy atom. The number of carbonyl (C=O) groups is 1. The van der Waals surface area contributed by atoms with Gasteiger partial charge >= 0.3 is 0 Å². The number of likely N-dealkylation sites (N-methyl/N-ethyl adjacent to an activating group) is 1. The molecule has 8 nitrogen and oxygen atoms in total. The van der Waals surface area contributed by atoms with E-state index < -0.39 is 0 Å². The van der Waals surface area contributed by atoms with Gasteiger partial charge in [0, 0.05) is 66.0 Å². The maximum absolute atomic E-state index is 12.7. The second kappa shape index (κ2) is 14.4. The molecule has 170 valence electrons. The molecule has 0 aliphatic carbocycles. The highest BCUT2D eigenvalue weighted by Gasteiger charge is 2.30. The number of methoxy groups -OCH3 is 1. The van der Waals surface area contributed by atoms with Crippen LogP contribution in [0.5, 0.6) is 0 Å². The number of nitrogens with zero attached hydrogens (tertiary/aromatic N) is 5. The lowest BCUT2D eigenvalue weighted by Crippen LogP contribution is -2.57. The fourth-order valence-corrected chi connectivity index (χ4v) is 3.79. The standard InChI is InChI=1S/C20H40N6O2.HI/c1-5-21-20(22-8-11-23(3)16-17-28-4)26-14-12-24(13-15-26)18(2)19(27)25-9-6-7-10-25;/h18H,5-17H2,1-4H3,(H,21,22);1H. The minimum Gasteiger partial charge on any atom is -0.383 e. The van der Waals surface area contributed by atoms with Crippen LogP contribution in [0.3, 0.4) is 0 Å². The maximum atomic E-state index is 12.7. The van der Waals surface area contributed by atoms with Crippen LogP contribution in [0, 0.1) is 0 Å². The summed E-state index contributed by atoms with van der Waals surface area (Å²) < 4.78 is 5.12. The first-order valence-electron chi connectivity index (χ1n) is 10.8. The van der Waals surface area contributed by atoms with Gasteiger partial charge < -0.3 is 24.8 Å². The third-order valence-corrected chi connectivity index (χ3v) is 5.69. The summed E-state index contributed by atoms with van der Waals surface area (Å²) in [7, 11) is 3.83. The Morgan fingerprint density at radius 2 is 1.76 bits per heavy atom. The summed E-state index contributed by atoms with van der Waals surface area (Å²) in [6.45, 7) is 13.9. The number of hydrogen-bond acceptors (Lipinski definition) is 5. The molecule has 2 heterocycles. The second-order valence-electron chi connectivity index (χ2n) is 7.76. The van der Waals surface area contributed by atoms with Crippen LogP contribution in [0.25, 0.3) is 0 Å². The molecule has 1 unspecified atom stereocenters. The lowest BCUT2D eigenvalue weighted by atomic mass is 10.2. The number of rotatable bonds is 9. The van der Waals surface area contributed by atoms with Gasteiger partial charge in [0.2, 0.25) is 5.91 Å². The molecule has 1 N–H and O–H groups in total. The highest BCUT2D eigenvalue weighted by atomic mass is 127. The van der Waals surface area contributed by atoms with Crippen molar-refractivity contribution in [2.45, 2.75) is 32.7 Å². The molecule has 0 saturated carbocycles. The molecule has 2 saturated heterocycles. The number of carbonyl (C=O) groups excluding carboxylic acids is 1. The molecule has 1 amide bonds. The predicted octanol–water partition coefficient (Wildman–Crippen LogP) is 0.777. The quantitative estimate of drug-likeness (QED) is 0.273. The molecule has 2 rings (SSSR count). The maximum Gasteiger partial charge on any atom is 0.239 e. The van der Waals surface area contributed by atoms with E-state index in [2.05, 4.69) is 40.9 Å². The van der Waals surface area contributed by atoms with Crippen molar-refractivity contribution in [3.8, 4) is 0 Å². The summed E-state index contributed by atoms with van der Waals surface area (Å²) in [5, 5.41) is 3.42. The zero-order valence-electron chi connectivity index (χ0n) is 18.7. The summed E-state index contributed by atoms with van der Waals surface area (Å²) in [5.74, 6) is 1.28. The summed E-state index contributed by atoms with van der Waals surface area (Å²) in [6.07, 6.45) is 2.30. The van der Waals surface area contributed by atoms with E-state index in [1.165, 1.54) is 0 Å². The molecule has 2 fully saturated rings. The van der Waals surface area contributed by atoms with Crippen LogP contribution in [-0.4, -0.2) is 124 Å². The molecule has 1 atom stereocenters. The van der Waals surface area contributed by atoms with E-state index in [1.54, 1.807) is 7.11 Å². The van der Waals surface area contributed by atoms with Crippen LogP contribution in [0.2, 0.25) is 0 Å². The third kappa shape index (κ3) is 8.55. The van der Waals surface area contributed by atoms with Crippen molar-refractivity contribution in [2.24, 2.45) is 4.99 Å². The second-order valence-corrected chi connectivity index (χ2v) is 7.76. The topological polar surface area (TPSA) is 63.7 Å². The average Bonchev–Trinajstić information content (AvgIpc) is 3.25. The Hall–Kier alpha value is -0.650.